The molecule has 2 heterocycles. The average molecular weight is 541 g/mol. The lowest BCUT2D eigenvalue weighted by molar-refractivity contribution is -0.140. The molecule has 1 saturated carbocycles. The summed E-state index contributed by atoms with van der Waals surface area (Å²) in [6.45, 7) is 2.20. The molecule has 9 heteroatoms. The Morgan fingerprint density at radius 3 is 2.31 bits per heavy atom. The molecule has 0 aliphatic heterocycles. The van der Waals surface area contributed by atoms with Crippen molar-refractivity contribution < 1.29 is 19.5 Å². The standard InChI is InChI=1S/C30H25ClN4O4/c1-18-26(27(36)25-17-35(34-32-25)16-22-4-2-3-5-24(22)31)28(39-33-18)21-8-6-19(7-9-21)20-10-12-23(13-11-20)30(14-15-30)29(37)38/h2-13,17,27,36H,14-16H2,1H3,(H,37,38)/t27-/m0/s1. The molecule has 1 fully saturated rings. The molecule has 6 rings (SSSR count). The van der Waals surface area contributed by atoms with Crippen molar-refractivity contribution in [3.8, 4) is 22.5 Å². The first-order chi connectivity index (χ1) is 18.9. The number of benzene rings is 3. The maximum absolute atomic E-state index is 11.6. The normalized spacial score (nSPS) is 14.7. The summed E-state index contributed by atoms with van der Waals surface area (Å²) in [5.74, 6) is -0.303. The molecule has 5 aromatic rings. The first-order valence-corrected chi connectivity index (χ1v) is 13.0. The lowest BCUT2D eigenvalue weighted by Crippen LogP contribution is -2.19. The smallest absolute Gasteiger partial charge is 0.314 e. The zero-order valence-corrected chi connectivity index (χ0v) is 21.8. The van der Waals surface area contributed by atoms with Gasteiger partial charge in [0.25, 0.3) is 0 Å². The molecule has 1 aliphatic carbocycles. The first kappa shape index (κ1) is 25.0. The number of hydrogen-bond acceptors (Lipinski definition) is 6. The SMILES string of the molecule is Cc1noc(-c2ccc(-c3ccc(C4(C(=O)O)CC4)cc3)cc2)c1[C@@H](O)c1cn(Cc2ccccc2Cl)nn1. The molecular formula is C30H25ClN4O4. The topological polar surface area (TPSA) is 114 Å². The summed E-state index contributed by atoms with van der Waals surface area (Å²) in [7, 11) is 0. The highest BCUT2D eigenvalue weighted by Gasteiger charge is 2.51. The van der Waals surface area contributed by atoms with E-state index in [1.807, 2.05) is 72.8 Å². The third-order valence-corrected chi connectivity index (χ3v) is 7.75. The second kappa shape index (κ2) is 9.80. The van der Waals surface area contributed by atoms with Crippen LogP contribution in [0.15, 0.2) is 83.5 Å². The van der Waals surface area contributed by atoms with Crippen LogP contribution in [0.4, 0.5) is 0 Å². The minimum atomic E-state index is -1.08. The number of hydrogen-bond donors (Lipinski definition) is 2. The van der Waals surface area contributed by atoms with Gasteiger partial charge in [-0.15, -0.1) is 5.10 Å². The van der Waals surface area contributed by atoms with Crippen LogP contribution in [0.1, 0.15) is 47.0 Å². The van der Waals surface area contributed by atoms with E-state index in [0.717, 1.165) is 27.8 Å². The number of carboxylic acids is 1. The van der Waals surface area contributed by atoms with Gasteiger partial charge in [0.05, 0.1) is 29.4 Å². The number of aliphatic hydroxyl groups is 1. The quantitative estimate of drug-likeness (QED) is 0.255. The molecule has 0 bridgehead atoms. The molecule has 0 radical (unpaired) electrons. The van der Waals surface area contributed by atoms with Gasteiger partial charge < -0.3 is 14.7 Å². The summed E-state index contributed by atoms with van der Waals surface area (Å²) in [6, 6.07) is 23.0. The fraction of sp³-hybridized carbons (Fsp3) is 0.200. The van der Waals surface area contributed by atoms with E-state index in [1.54, 1.807) is 17.8 Å². The molecule has 1 aliphatic rings. The lowest BCUT2D eigenvalue weighted by atomic mass is 9.93. The van der Waals surface area contributed by atoms with Gasteiger partial charge in [-0.25, -0.2) is 4.68 Å². The monoisotopic (exact) mass is 540 g/mol. The molecule has 0 spiro atoms. The molecule has 1 atom stereocenters. The number of aromatic nitrogens is 4. The zero-order valence-electron chi connectivity index (χ0n) is 21.1. The maximum Gasteiger partial charge on any atom is 0.314 e. The van der Waals surface area contributed by atoms with Crippen molar-refractivity contribution in [3.05, 3.63) is 112 Å². The molecule has 2 N–H and O–H groups in total. The van der Waals surface area contributed by atoms with Gasteiger partial charge in [-0.05, 0) is 48.1 Å². The van der Waals surface area contributed by atoms with Gasteiger partial charge in [-0.1, -0.05) is 88.7 Å². The molecule has 0 unspecified atom stereocenters. The number of rotatable bonds is 8. The number of aliphatic hydroxyl groups excluding tert-OH is 1. The Morgan fingerprint density at radius 1 is 1.03 bits per heavy atom. The van der Waals surface area contributed by atoms with E-state index in [9.17, 15) is 15.0 Å². The van der Waals surface area contributed by atoms with E-state index in [4.69, 9.17) is 16.1 Å². The highest BCUT2D eigenvalue weighted by molar-refractivity contribution is 6.31. The van der Waals surface area contributed by atoms with Crippen molar-refractivity contribution in [3.63, 3.8) is 0 Å². The van der Waals surface area contributed by atoms with E-state index in [2.05, 4.69) is 15.5 Å². The van der Waals surface area contributed by atoms with Gasteiger partial charge in [0.2, 0.25) is 0 Å². The van der Waals surface area contributed by atoms with E-state index in [1.165, 1.54) is 0 Å². The van der Waals surface area contributed by atoms with Crippen LogP contribution in [-0.4, -0.2) is 36.3 Å². The van der Waals surface area contributed by atoms with Gasteiger partial charge in [0.15, 0.2) is 5.76 Å². The van der Waals surface area contributed by atoms with Gasteiger partial charge in [0, 0.05) is 10.6 Å². The minimum absolute atomic E-state index is 0.376. The first-order valence-electron chi connectivity index (χ1n) is 12.6. The van der Waals surface area contributed by atoms with Crippen LogP contribution in [0.25, 0.3) is 22.5 Å². The third kappa shape index (κ3) is 4.62. The van der Waals surface area contributed by atoms with E-state index >= 15 is 0 Å². The third-order valence-electron chi connectivity index (χ3n) is 7.39. The molecule has 3 aromatic carbocycles. The molecule has 2 aromatic heterocycles. The molecule has 0 saturated heterocycles. The summed E-state index contributed by atoms with van der Waals surface area (Å²) in [5.41, 5.74) is 5.21. The van der Waals surface area contributed by atoms with E-state index in [0.29, 0.717) is 47.1 Å². The molecule has 8 nitrogen and oxygen atoms in total. The fourth-order valence-corrected chi connectivity index (χ4v) is 5.11. The van der Waals surface area contributed by atoms with E-state index in [-0.39, 0.29) is 0 Å². The van der Waals surface area contributed by atoms with Crippen LogP contribution in [0.2, 0.25) is 5.02 Å². The predicted octanol–water partition coefficient (Wildman–Crippen LogP) is 5.81. The molecular weight excluding hydrogens is 516 g/mol. The maximum atomic E-state index is 11.6. The molecule has 0 amide bonds. The molecule has 39 heavy (non-hydrogen) atoms. The van der Waals surface area contributed by atoms with Gasteiger partial charge in [-0.3, -0.25) is 4.79 Å². The number of nitrogens with zero attached hydrogens (tertiary/aromatic N) is 4. The Kier molecular flexibility index (Phi) is 6.29. The van der Waals surface area contributed by atoms with Crippen molar-refractivity contribution in [2.75, 3.05) is 0 Å². The van der Waals surface area contributed by atoms with Crippen LogP contribution in [0.5, 0.6) is 0 Å². The number of aliphatic carboxylic acids is 1. The highest BCUT2D eigenvalue weighted by atomic mass is 35.5. The van der Waals surface area contributed by atoms with Gasteiger partial charge in [0.1, 0.15) is 11.8 Å². The van der Waals surface area contributed by atoms with Crippen LogP contribution >= 0.6 is 11.6 Å². The van der Waals surface area contributed by atoms with Crippen LogP contribution in [0, 0.1) is 6.92 Å². The lowest BCUT2D eigenvalue weighted by Gasteiger charge is -2.11. The summed E-state index contributed by atoms with van der Waals surface area (Å²) in [6.07, 6.45) is 1.97. The number of carbonyl (C=O) groups is 1. The second-order valence-electron chi connectivity index (χ2n) is 9.89. The van der Waals surface area contributed by atoms with Crippen molar-refractivity contribution in [2.24, 2.45) is 0 Å². The largest absolute Gasteiger partial charge is 0.481 e. The average Bonchev–Trinajstić information content (AvgIpc) is 3.49. The zero-order chi connectivity index (χ0) is 27.1. The Morgan fingerprint density at radius 2 is 1.67 bits per heavy atom. The highest BCUT2D eigenvalue weighted by Crippen LogP contribution is 2.48. The van der Waals surface area contributed by atoms with Crippen molar-refractivity contribution in [1.82, 2.24) is 20.2 Å². The number of halogens is 1. The number of aryl methyl sites for hydroxylation is 1. The Labute approximate surface area is 229 Å². The molecule has 196 valence electrons. The number of carboxylic acid groups (broad SMARTS) is 1. The Hall–Kier alpha value is -4.27. The summed E-state index contributed by atoms with van der Waals surface area (Å²) >= 11 is 6.27. The van der Waals surface area contributed by atoms with E-state index < -0.39 is 17.5 Å². The second-order valence-corrected chi connectivity index (χ2v) is 10.3. The fourth-order valence-electron chi connectivity index (χ4n) is 4.92. The van der Waals surface area contributed by atoms with Gasteiger partial charge in [-0.2, -0.15) is 0 Å². The Balaban J connectivity index is 1.22. The van der Waals surface area contributed by atoms with Crippen LogP contribution in [-0.2, 0) is 16.8 Å². The van der Waals surface area contributed by atoms with Crippen molar-refractivity contribution in [1.29, 1.82) is 0 Å². The summed E-state index contributed by atoms with van der Waals surface area (Å²) in [5, 5.41) is 33.8. The van der Waals surface area contributed by atoms with Gasteiger partial charge >= 0.3 is 5.97 Å². The predicted molar refractivity (Wildman–Crippen MR) is 145 cm³/mol. The van der Waals surface area contributed by atoms with Crippen LogP contribution < -0.4 is 0 Å². The summed E-state index contributed by atoms with van der Waals surface area (Å²) in [4.78, 5) is 11.6. The van der Waals surface area contributed by atoms with Crippen molar-refractivity contribution in [2.45, 2.75) is 37.8 Å². The van der Waals surface area contributed by atoms with Crippen LogP contribution in [0.3, 0.4) is 0 Å². The van der Waals surface area contributed by atoms with Crippen molar-refractivity contribution >= 4 is 17.6 Å². The minimum Gasteiger partial charge on any atom is -0.481 e. The summed E-state index contributed by atoms with van der Waals surface area (Å²) < 4.78 is 7.26. The Bertz CT molecular complexity index is 1650.